The number of aromatic carboxylic acids is 1. The smallest absolute Gasteiger partial charge is 0.354 e. The van der Waals surface area contributed by atoms with Gasteiger partial charge in [-0.05, 0) is 30.3 Å². The van der Waals surface area contributed by atoms with Crippen LogP contribution in [0.15, 0.2) is 42.6 Å². The Morgan fingerprint density at radius 2 is 2.09 bits per heavy atom. The maximum Gasteiger partial charge on any atom is 0.354 e. The van der Waals surface area contributed by atoms with Crippen molar-refractivity contribution in [3.8, 4) is 17.0 Å². The Morgan fingerprint density at radius 3 is 2.82 bits per heavy atom. The van der Waals surface area contributed by atoms with E-state index in [9.17, 15) is 9.18 Å². The number of aromatic nitrogens is 2. The molecule has 2 heterocycles. The normalized spacial score (nSPS) is 10.6. The molecule has 3 aromatic rings. The summed E-state index contributed by atoms with van der Waals surface area (Å²) in [6, 6.07) is 8.88. The number of pyridine rings is 2. The molecular formula is C16H11FN2O3. The Bertz CT molecular complexity index is 880. The Hall–Kier alpha value is -3.02. The fourth-order valence-electron chi connectivity index (χ4n) is 2.26. The van der Waals surface area contributed by atoms with Gasteiger partial charge in [-0.15, -0.1) is 0 Å². The van der Waals surface area contributed by atoms with Crippen LogP contribution in [0.2, 0.25) is 0 Å². The third-order valence-electron chi connectivity index (χ3n) is 3.22. The maximum absolute atomic E-state index is 13.9. The van der Waals surface area contributed by atoms with Gasteiger partial charge in [-0.2, -0.15) is 0 Å². The number of ether oxygens (including phenoxy) is 1. The second kappa shape index (κ2) is 5.40. The second-order valence-electron chi connectivity index (χ2n) is 4.58. The first kappa shape index (κ1) is 13.9. The van der Waals surface area contributed by atoms with Crippen LogP contribution in [0.3, 0.4) is 0 Å². The largest absolute Gasteiger partial charge is 0.494 e. The molecule has 0 aliphatic carbocycles. The zero-order chi connectivity index (χ0) is 15.7. The molecule has 5 nitrogen and oxygen atoms in total. The zero-order valence-corrected chi connectivity index (χ0v) is 11.6. The molecule has 0 saturated carbocycles. The Balaban J connectivity index is 2.35. The molecule has 2 aromatic heterocycles. The summed E-state index contributed by atoms with van der Waals surface area (Å²) in [4.78, 5) is 19.4. The molecule has 0 radical (unpaired) electrons. The van der Waals surface area contributed by atoms with Crippen molar-refractivity contribution in [2.45, 2.75) is 0 Å². The summed E-state index contributed by atoms with van der Waals surface area (Å²) in [5.41, 5.74) is 1.00. The van der Waals surface area contributed by atoms with Crippen molar-refractivity contribution in [2.75, 3.05) is 7.11 Å². The highest BCUT2D eigenvalue weighted by Crippen LogP contribution is 2.33. The SMILES string of the molecule is COc1ccc(C(=O)O)nc1-c1cc(F)cc2cccnc12. The van der Waals surface area contributed by atoms with Crippen molar-refractivity contribution in [1.82, 2.24) is 9.97 Å². The molecule has 0 aliphatic heterocycles. The zero-order valence-electron chi connectivity index (χ0n) is 11.6. The van der Waals surface area contributed by atoms with Crippen molar-refractivity contribution >= 4 is 16.9 Å². The highest BCUT2D eigenvalue weighted by Gasteiger charge is 2.16. The van der Waals surface area contributed by atoms with Crippen LogP contribution >= 0.6 is 0 Å². The lowest BCUT2D eigenvalue weighted by Crippen LogP contribution is -2.03. The van der Waals surface area contributed by atoms with Gasteiger partial charge in [0.1, 0.15) is 23.0 Å². The van der Waals surface area contributed by atoms with Crippen LogP contribution in [0.4, 0.5) is 4.39 Å². The molecule has 110 valence electrons. The van der Waals surface area contributed by atoms with Crippen molar-refractivity contribution in [3.05, 3.63) is 54.1 Å². The monoisotopic (exact) mass is 298 g/mol. The van der Waals surface area contributed by atoms with Gasteiger partial charge in [-0.3, -0.25) is 4.98 Å². The summed E-state index contributed by atoms with van der Waals surface area (Å²) in [6.45, 7) is 0. The fourth-order valence-corrected chi connectivity index (χ4v) is 2.26. The average molecular weight is 298 g/mol. The molecule has 0 bridgehead atoms. The molecule has 0 atom stereocenters. The Kier molecular flexibility index (Phi) is 3.42. The van der Waals surface area contributed by atoms with Crippen LogP contribution in [-0.2, 0) is 0 Å². The number of hydrogen-bond donors (Lipinski definition) is 1. The Morgan fingerprint density at radius 1 is 1.27 bits per heavy atom. The van der Waals surface area contributed by atoms with Crippen LogP contribution in [0.25, 0.3) is 22.2 Å². The van der Waals surface area contributed by atoms with Crippen LogP contribution in [-0.4, -0.2) is 28.2 Å². The molecule has 3 rings (SSSR count). The van der Waals surface area contributed by atoms with E-state index in [1.54, 1.807) is 18.3 Å². The number of carboxylic acid groups (broad SMARTS) is 1. The van der Waals surface area contributed by atoms with Crippen molar-refractivity contribution in [2.24, 2.45) is 0 Å². The van der Waals surface area contributed by atoms with Crippen LogP contribution < -0.4 is 4.74 Å². The van der Waals surface area contributed by atoms with E-state index in [1.807, 2.05) is 0 Å². The van der Waals surface area contributed by atoms with Gasteiger partial charge < -0.3 is 9.84 Å². The quantitative estimate of drug-likeness (QED) is 0.804. The molecule has 0 unspecified atom stereocenters. The van der Waals surface area contributed by atoms with Gasteiger partial charge >= 0.3 is 5.97 Å². The first-order valence-electron chi connectivity index (χ1n) is 6.43. The highest BCUT2D eigenvalue weighted by molar-refractivity contribution is 5.95. The van der Waals surface area contributed by atoms with Crippen LogP contribution in [0.1, 0.15) is 10.5 Å². The minimum absolute atomic E-state index is 0.149. The van der Waals surface area contributed by atoms with Gasteiger partial charge in [0.15, 0.2) is 0 Å². The standard InChI is InChI=1S/C16H11FN2O3/c1-22-13-5-4-12(16(20)21)19-15(13)11-8-10(17)7-9-3-2-6-18-14(9)11/h2-8H,1H3,(H,20,21). The number of halogens is 1. The van der Waals surface area contributed by atoms with E-state index in [0.717, 1.165) is 0 Å². The van der Waals surface area contributed by atoms with Gasteiger partial charge in [0.05, 0.1) is 12.6 Å². The number of carboxylic acids is 1. The summed E-state index contributed by atoms with van der Waals surface area (Å²) < 4.78 is 19.1. The minimum atomic E-state index is -1.17. The number of carbonyl (C=O) groups is 1. The Labute approximate surface area is 125 Å². The molecule has 0 amide bonds. The molecule has 0 saturated heterocycles. The number of rotatable bonds is 3. The van der Waals surface area contributed by atoms with Gasteiger partial charge in [0.25, 0.3) is 0 Å². The molecule has 0 aliphatic rings. The molecular weight excluding hydrogens is 287 g/mol. The summed E-state index contributed by atoms with van der Waals surface area (Å²) in [7, 11) is 1.44. The average Bonchev–Trinajstić information content (AvgIpc) is 2.53. The molecule has 0 spiro atoms. The van der Waals surface area contributed by atoms with Crippen LogP contribution in [0, 0.1) is 5.82 Å². The molecule has 0 fully saturated rings. The van der Waals surface area contributed by atoms with Gasteiger partial charge in [-0.25, -0.2) is 14.2 Å². The van der Waals surface area contributed by atoms with Crippen LogP contribution in [0.5, 0.6) is 5.75 Å². The lowest BCUT2D eigenvalue weighted by Gasteiger charge is -2.11. The number of nitrogens with zero attached hydrogens (tertiary/aromatic N) is 2. The first-order valence-corrected chi connectivity index (χ1v) is 6.43. The molecule has 6 heteroatoms. The lowest BCUT2D eigenvalue weighted by molar-refractivity contribution is 0.0690. The van der Waals surface area contributed by atoms with E-state index in [-0.39, 0.29) is 11.4 Å². The van der Waals surface area contributed by atoms with Gasteiger partial charge in [0, 0.05) is 17.1 Å². The number of benzene rings is 1. The summed E-state index contributed by atoms with van der Waals surface area (Å²) >= 11 is 0. The number of fused-ring (bicyclic) bond motifs is 1. The van der Waals surface area contributed by atoms with E-state index in [0.29, 0.717) is 22.2 Å². The van der Waals surface area contributed by atoms with E-state index >= 15 is 0 Å². The summed E-state index contributed by atoms with van der Waals surface area (Å²) in [6.07, 6.45) is 1.58. The number of methoxy groups -OCH3 is 1. The lowest BCUT2D eigenvalue weighted by atomic mass is 10.0. The third kappa shape index (κ3) is 2.35. The predicted molar refractivity (Wildman–Crippen MR) is 78.4 cm³/mol. The van der Waals surface area contributed by atoms with Gasteiger partial charge in [-0.1, -0.05) is 6.07 Å². The number of hydrogen-bond acceptors (Lipinski definition) is 4. The maximum atomic E-state index is 13.9. The highest BCUT2D eigenvalue weighted by atomic mass is 19.1. The van der Waals surface area contributed by atoms with E-state index in [4.69, 9.17) is 9.84 Å². The minimum Gasteiger partial charge on any atom is -0.494 e. The van der Waals surface area contributed by atoms with Crippen molar-refractivity contribution in [3.63, 3.8) is 0 Å². The van der Waals surface area contributed by atoms with Crippen molar-refractivity contribution < 1.29 is 19.0 Å². The van der Waals surface area contributed by atoms with E-state index < -0.39 is 11.8 Å². The summed E-state index contributed by atoms with van der Waals surface area (Å²) in [5.74, 6) is -1.28. The second-order valence-corrected chi connectivity index (χ2v) is 4.58. The van der Waals surface area contributed by atoms with Gasteiger partial charge in [0.2, 0.25) is 0 Å². The third-order valence-corrected chi connectivity index (χ3v) is 3.22. The predicted octanol–water partition coefficient (Wildman–Crippen LogP) is 3.14. The fraction of sp³-hybridized carbons (Fsp3) is 0.0625. The van der Waals surface area contributed by atoms with E-state index in [1.165, 1.54) is 31.4 Å². The molecule has 1 N–H and O–H groups in total. The molecule has 22 heavy (non-hydrogen) atoms. The first-order chi connectivity index (χ1) is 10.6. The topological polar surface area (TPSA) is 72.3 Å². The van der Waals surface area contributed by atoms with Crippen molar-refractivity contribution in [1.29, 1.82) is 0 Å². The molecule has 1 aromatic carbocycles. The summed E-state index contributed by atoms with van der Waals surface area (Å²) in [5, 5.41) is 9.69. The van der Waals surface area contributed by atoms with E-state index in [2.05, 4.69) is 9.97 Å².